The van der Waals surface area contributed by atoms with Crippen molar-refractivity contribution in [2.24, 2.45) is 0 Å². The van der Waals surface area contributed by atoms with E-state index in [-0.39, 0.29) is 25.5 Å². The predicted octanol–water partition coefficient (Wildman–Crippen LogP) is 4.45. The Labute approximate surface area is 193 Å². The van der Waals surface area contributed by atoms with Crippen molar-refractivity contribution in [3.8, 4) is 0 Å². The largest absolute Gasteiger partial charge is 0.444 e. The fourth-order valence-corrected chi connectivity index (χ4v) is 3.19. The minimum Gasteiger partial charge on any atom is -0.444 e. The highest BCUT2D eigenvalue weighted by molar-refractivity contribution is 7.59. The second-order valence-corrected chi connectivity index (χ2v) is 8.79. The number of amides is 2. The topological polar surface area (TPSA) is 71.5 Å². The number of anilines is 1. The Kier molecular flexibility index (Phi) is 8.23. The highest BCUT2D eigenvalue weighted by atomic mass is 32.1. The van der Waals surface area contributed by atoms with E-state index in [1.165, 1.54) is 4.90 Å². The summed E-state index contributed by atoms with van der Waals surface area (Å²) in [5, 5.41) is 2.53. The average molecular weight is 466 g/mol. The van der Waals surface area contributed by atoms with Crippen LogP contribution in [-0.2, 0) is 16.0 Å². The molecule has 1 N–H and O–H groups in total. The van der Waals surface area contributed by atoms with Gasteiger partial charge in [0.05, 0.1) is 11.9 Å². The first kappa shape index (κ1) is 25.6. The standard InChI is InChI=1S/C23H27F2N3O3.H2S/c1-23(2,3)31-22(30)27-20(11-14-9-16(24)12-17(25)10-14)21(29)28(4)18-7-8-19(26-13-18)15-5-6-15;/h7-10,12-13,15,20H,5-6,11H2,1-4H3,(H,27,30);1H2/t20-;/m0./s1. The van der Waals surface area contributed by atoms with Crippen LogP contribution in [0.25, 0.3) is 0 Å². The number of ether oxygens (including phenoxy) is 1. The molecule has 0 bridgehead atoms. The first-order valence-corrected chi connectivity index (χ1v) is 10.2. The van der Waals surface area contributed by atoms with Crippen molar-refractivity contribution in [2.75, 3.05) is 11.9 Å². The van der Waals surface area contributed by atoms with Crippen LogP contribution in [0, 0.1) is 11.6 Å². The summed E-state index contributed by atoms with van der Waals surface area (Å²) in [6.45, 7) is 5.10. The minimum atomic E-state index is -1.09. The molecule has 1 fully saturated rings. The summed E-state index contributed by atoms with van der Waals surface area (Å²) in [5.41, 5.74) is 1.01. The van der Waals surface area contributed by atoms with Crippen molar-refractivity contribution in [1.29, 1.82) is 0 Å². The van der Waals surface area contributed by atoms with Crippen LogP contribution < -0.4 is 10.2 Å². The van der Waals surface area contributed by atoms with Gasteiger partial charge < -0.3 is 15.0 Å². The lowest BCUT2D eigenvalue weighted by atomic mass is 10.0. The molecule has 0 saturated heterocycles. The van der Waals surface area contributed by atoms with E-state index in [9.17, 15) is 18.4 Å². The van der Waals surface area contributed by atoms with Gasteiger partial charge in [0, 0.05) is 31.1 Å². The molecule has 1 aliphatic rings. The maximum atomic E-state index is 13.6. The van der Waals surface area contributed by atoms with Crippen molar-refractivity contribution >= 4 is 31.2 Å². The number of alkyl carbamates (subject to hydrolysis) is 1. The van der Waals surface area contributed by atoms with Crippen LogP contribution in [-0.4, -0.2) is 35.7 Å². The van der Waals surface area contributed by atoms with Gasteiger partial charge in [-0.05, 0) is 63.4 Å². The summed E-state index contributed by atoms with van der Waals surface area (Å²) in [4.78, 5) is 31.3. The summed E-state index contributed by atoms with van der Waals surface area (Å²) >= 11 is 0. The van der Waals surface area contributed by atoms with E-state index in [1.807, 2.05) is 6.07 Å². The molecule has 0 unspecified atom stereocenters. The minimum absolute atomic E-state index is 0. The number of nitrogens with zero attached hydrogens (tertiary/aromatic N) is 2. The zero-order valence-corrected chi connectivity index (χ0v) is 19.6. The fourth-order valence-electron chi connectivity index (χ4n) is 3.19. The van der Waals surface area contributed by atoms with Crippen LogP contribution in [0.4, 0.5) is 19.3 Å². The number of aromatic nitrogens is 1. The first-order chi connectivity index (χ1) is 14.5. The molecule has 1 atom stereocenters. The summed E-state index contributed by atoms with van der Waals surface area (Å²) in [6.07, 6.45) is 2.95. The third-order valence-corrected chi connectivity index (χ3v) is 4.84. The molecule has 2 aromatic rings. The molecule has 174 valence electrons. The van der Waals surface area contributed by atoms with Crippen molar-refractivity contribution in [2.45, 2.75) is 57.6 Å². The number of carbonyl (C=O) groups excluding carboxylic acids is 2. The van der Waals surface area contributed by atoms with Crippen molar-refractivity contribution in [1.82, 2.24) is 10.3 Å². The Morgan fingerprint density at radius 3 is 2.31 bits per heavy atom. The Hall–Kier alpha value is -2.68. The molecule has 6 nitrogen and oxygen atoms in total. The van der Waals surface area contributed by atoms with Crippen LogP contribution in [0.2, 0.25) is 0 Å². The molecule has 0 spiro atoms. The molecule has 3 rings (SSSR count). The normalized spacial score (nSPS) is 14.2. The quantitative estimate of drug-likeness (QED) is 0.684. The number of benzene rings is 1. The number of pyridine rings is 1. The molecule has 1 saturated carbocycles. The van der Waals surface area contributed by atoms with Crippen LogP contribution >= 0.6 is 13.5 Å². The maximum absolute atomic E-state index is 13.6. The molecule has 1 aromatic heterocycles. The van der Waals surface area contributed by atoms with E-state index in [2.05, 4.69) is 10.3 Å². The molecule has 2 amide bonds. The van der Waals surface area contributed by atoms with Gasteiger partial charge in [0.1, 0.15) is 23.3 Å². The lowest BCUT2D eigenvalue weighted by Crippen LogP contribution is -2.50. The average Bonchev–Trinajstić information content (AvgIpc) is 3.49. The second kappa shape index (κ2) is 10.3. The van der Waals surface area contributed by atoms with Crippen LogP contribution in [0.1, 0.15) is 50.8 Å². The van der Waals surface area contributed by atoms with Gasteiger partial charge in [0.15, 0.2) is 0 Å². The molecular formula is C23H29F2N3O3S. The zero-order valence-electron chi connectivity index (χ0n) is 18.6. The maximum Gasteiger partial charge on any atom is 0.408 e. The van der Waals surface area contributed by atoms with Gasteiger partial charge in [-0.2, -0.15) is 13.5 Å². The SMILES string of the molecule is CN(C(=O)[C@H](Cc1cc(F)cc(F)c1)NC(=O)OC(C)(C)C)c1ccc(C2CC2)nc1.S. The smallest absolute Gasteiger partial charge is 0.408 e. The number of carbonyl (C=O) groups is 2. The van der Waals surface area contributed by atoms with Crippen LogP contribution in [0.5, 0.6) is 0 Å². The molecule has 1 aliphatic carbocycles. The Bertz CT molecular complexity index is 940. The Balaban J connectivity index is 0.00000363. The van der Waals surface area contributed by atoms with E-state index in [4.69, 9.17) is 4.74 Å². The number of rotatable bonds is 6. The monoisotopic (exact) mass is 465 g/mol. The molecule has 1 heterocycles. The molecule has 9 heteroatoms. The highest BCUT2D eigenvalue weighted by Gasteiger charge is 2.29. The van der Waals surface area contributed by atoms with E-state index in [0.29, 0.717) is 11.6 Å². The third-order valence-electron chi connectivity index (χ3n) is 4.84. The predicted molar refractivity (Wildman–Crippen MR) is 123 cm³/mol. The van der Waals surface area contributed by atoms with Crippen molar-refractivity contribution in [3.63, 3.8) is 0 Å². The summed E-state index contributed by atoms with van der Waals surface area (Å²) < 4.78 is 32.5. The number of hydrogen-bond acceptors (Lipinski definition) is 4. The van der Waals surface area contributed by atoms with Gasteiger partial charge in [-0.15, -0.1) is 0 Å². The molecular weight excluding hydrogens is 436 g/mol. The highest BCUT2D eigenvalue weighted by Crippen LogP contribution is 2.39. The van der Waals surface area contributed by atoms with E-state index < -0.39 is 35.3 Å². The number of likely N-dealkylation sites (N-methyl/N-ethyl adjacent to an activating group) is 1. The third kappa shape index (κ3) is 7.19. The second-order valence-electron chi connectivity index (χ2n) is 8.79. The summed E-state index contributed by atoms with van der Waals surface area (Å²) in [7, 11) is 1.56. The van der Waals surface area contributed by atoms with Crippen LogP contribution in [0.3, 0.4) is 0 Å². The first-order valence-electron chi connectivity index (χ1n) is 10.2. The summed E-state index contributed by atoms with van der Waals surface area (Å²) in [6, 6.07) is 5.60. The Morgan fingerprint density at radius 2 is 1.81 bits per heavy atom. The number of hydrogen-bond donors (Lipinski definition) is 1. The van der Waals surface area contributed by atoms with E-state index in [0.717, 1.165) is 36.7 Å². The zero-order chi connectivity index (χ0) is 22.8. The van der Waals surface area contributed by atoms with Crippen molar-refractivity contribution in [3.05, 3.63) is 59.4 Å². The van der Waals surface area contributed by atoms with E-state index in [1.54, 1.807) is 40.1 Å². The van der Waals surface area contributed by atoms with Crippen LogP contribution in [0.15, 0.2) is 36.5 Å². The van der Waals surface area contributed by atoms with E-state index >= 15 is 0 Å². The number of nitrogens with one attached hydrogen (secondary N) is 1. The van der Waals surface area contributed by atoms with Gasteiger partial charge in [0.2, 0.25) is 5.91 Å². The van der Waals surface area contributed by atoms with Crippen molar-refractivity contribution < 1.29 is 23.1 Å². The van der Waals surface area contributed by atoms with Gasteiger partial charge in [-0.1, -0.05) is 0 Å². The Morgan fingerprint density at radius 1 is 1.19 bits per heavy atom. The molecule has 1 aromatic carbocycles. The van der Waals surface area contributed by atoms with Gasteiger partial charge in [0.25, 0.3) is 0 Å². The number of halogens is 2. The lowest BCUT2D eigenvalue weighted by molar-refractivity contribution is -0.120. The van der Waals surface area contributed by atoms with Gasteiger partial charge in [-0.3, -0.25) is 9.78 Å². The molecule has 0 radical (unpaired) electrons. The molecule has 32 heavy (non-hydrogen) atoms. The summed E-state index contributed by atoms with van der Waals surface area (Å²) in [5.74, 6) is -1.49. The lowest BCUT2D eigenvalue weighted by Gasteiger charge is -2.26. The van der Waals surface area contributed by atoms with Gasteiger partial charge >= 0.3 is 6.09 Å². The molecule has 0 aliphatic heterocycles. The fraction of sp³-hybridized carbons (Fsp3) is 0.435. The van der Waals surface area contributed by atoms with Gasteiger partial charge in [-0.25, -0.2) is 13.6 Å².